The van der Waals surface area contributed by atoms with Gasteiger partial charge in [0.1, 0.15) is 11.4 Å². The van der Waals surface area contributed by atoms with Gasteiger partial charge in [0.25, 0.3) is 5.91 Å². The van der Waals surface area contributed by atoms with E-state index >= 15 is 0 Å². The van der Waals surface area contributed by atoms with Gasteiger partial charge in [-0.05, 0) is 42.5 Å². The average Bonchev–Trinajstić information content (AvgIpc) is 2.65. The minimum absolute atomic E-state index is 0.256. The van der Waals surface area contributed by atoms with Crippen LogP contribution in [0.2, 0.25) is 10.0 Å². The topological polar surface area (TPSA) is 63.2 Å². The second-order valence-electron chi connectivity index (χ2n) is 5.34. The van der Waals surface area contributed by atoms with Gasteiger partial charge >= 0.3 is 0 Å². The summed E-state index contributed by atoms with van der Waals surface area (Å²) in [5.74, 6) is 0.336. The molecule has 0 atom stereocenters. The number of carbonyl (C=O) groups is 1. The maximum atomic E-state index is 12.3. The standard InChI is InChI=1S/C19H15Cl2N3O2/c1-26-18-5-3-2-4-15(18)23-13-7-9-16(22-11-13)19(25)24-17-10-12(20)6-8-14(17)21/h2-11,23H,1H3,(H,24,25). The number of nitrogens with zero attached hydrogens (tertiary/aromatic N) is 1. The first-order valence-electron chi connectivity index (χ1n) is 7.69. The summed E-state index contributed by atoms with van der Waals surface area (Å²) < 4.78 is 5.30. The van der Waals surface area contributed by atoms with E-state index in [2.05, 4.69) is 15.6 Å². The van der Waals surface area contributed by atoms with Gasteiger partial charge < -0.3 is 15.4 Å². The molecule has 0 fully saturated rings. The lowest BCUT2D eigenvalue weighted by Crippen LogP contribution is -2.14. The number of aromatic nitrogens is 1. The SMILES string of the molecule is COc1ccccc1Nc1ccc(C(=O)Nc2cc(Cl)ccc2Cl)nc1. The molecule has 0 bridgehead atoms. The lowest BCUT2D eigenvalue weighted by molar-refractivity contribution is 0.102. The number of hydrogen-bond acceptors (Lipinski definition) is 4. The highest BCUT2D eigenvalue weighted by atomic mass is 35.5. The largest absolute Gasteiger partial charge is 0.495 e. The van der Waals surface area contributed by atoms with Crippen LogP contribution in [0.15, 0.2) is 60.8 Å². The monoisotopic (exact) mass is 387 g/mol. The molecule has 0 aliphatic heterocycles. The molecule has 1 amide bonds. The van der Waals surface area contributed by atoms with Crippen molar-refractivity contribution >= 4 is 46.2 Å². The van der Waals surface area contributed by atoms with E-state index in [0.717, 1.165) is 11.4 Å². The Kier molecular flexibility index (Phi) is 5.61. The van der Waals surface area contributed by atoms with E-state index in [1.807, 2.05) is 24.3 Å². The van der Waals surface area contributed by atoms with E-state index in [1.165, 1.54) is 0 Å². The normalized spacial score (nSPS) is 10.3. The molecular weight excluding hydrogens is 373 g/mol. The summed E-state index contributed by atoms with van der Waals surface area (Å²) in [4.78, 5) is 16.5. The first-order chi connectivity index (χ1) is 12.6. The summed E-state index contributed by atoms with van der Waals surface area (Å²) in [6.45, 7) is 0. The number of pyridine rings is 1. The summed E-state index contributed by atoms with van der Waals surface area (Å²) in [6.07, 6.45) is 1.57. The smallest absolute Gasteiger partial charge is 0.274 e. The number of benzene rings is 2. The Morgan fingerprint density at radius 2 is 1.85 bits per heavy atom. The third kappa shape index (κ3) is 4.25. The van der Waals surface area contributed by atoms with Gasteiger partial charge in [-0.25, -0.2) is 4.98 Å². The molecule has 1 heterocycles. The highest BCUT2D eigenvalue weighted by Gasteiger charge is 2.11. The van der Waals surface area contributed by atoms with Gasteiger partial charge in [-0.2, -0.15) is 0 Å². The molecular formula is C19H15Cl2N3O2. The number of para-hydroxylation sites is 2. The fourth-order valence-corrected chi connectivity index (χ4v) is 2.62. The number of rotatable bonds is 5. The van der Waals surface area contributed by atoms with Crippen LogP contribution in [0.4, 0.5) is 17.1 Å². The lowest BCUT2D eigenvalue weighted by atomic mass is 10.2. The zero-order valence-electron chi connectivity index (χ0n) is 13.8. The number of hydrogen-bond donors (Lipinski definition) is 2. The highest BCUT2D eigenvalue weighted by Crippen LogP contribution is 2.27. The fourth-order valence-electron chi connectivity index (χ4n) is 2.29. The first kappa shape index (κ1) is 18.0. The average molecular weight is 388 g/mol. The summed E-state index contributed by atoms with van der Waals surface area (Å²) in [6, 6.07) is 15.8. The van der Waals surface area contributed by atoms with Crippen molar-refractivity contribution in [1.29, 1.82) is 0 Å². The van der Waals surface area contributed by atoms with E-state index in [4.69, 9.17) is 27.9 Å². The van der Waals surface area contributed by atoms with E-state index in [0.29, 0.717) is 21.5 Å². The van der Waals surface area contributed by atoms with Crippen molar-refractivity contribution < 1.29 is 9.53 Å². The van der Waals surface area contributed by atoms with Crippen LogP contribution in [-0.2, 0) is 0 Å². The second-order valence-corrected chi connectivity index (χ2v) is 6.18. The number of anilines is 3. The first-order valence-corrected chi connectivity index (χ1v) is 8.45. The van der Waals surface area contributed by atoms with Gasteiger partial charge in [0.05, 0.1) is 35.4 Å². The third-order valence-electron chi connectivity index (χ3n) is 3.56. The van der Waals surface area contributed by atoms with Crippen LogP contribution in [0.3, 0.4) is 0 Å². The molecule has 0 aliphatic carbocycles. The summed E-state index contributed by atoms with van der Waals surface area (Å²) in [5.41, 5.74) is 2.22. The van der Waals surface area contributed by atoms with Crippen molar-refractivity contribution in [2.45, 2.75) is 0 Å². The Hall–Kier alpha value is -2.76. The molecule has 2 N–H and O–H groups in total. The highest BCUT2D eigenvalue weighted by molar-refractivity contribution is 6.35. The number of nitrogens with one attached hydrogen (secondary N) is 2. The Morgan fingerprint density at radius 1 is 1.04 bits per heavy atom. The molecule has 0 unspecified atom stereocenters. The molecule has 2 aromatic carbocycles. The van der Waals surface area contributed by atoms with Crippen LogP contribution in [-0.4, -0.2) is 18.0 Å². The van der Waals surface area contributed by atoms with Crippen molar-refractivity contribution in [2.24, 2.45) is 0 Å². The number of carbonyl (C=O) groups excluding carboxylic acids is 1. The predicted molar refractivity (Wildman–Crippen MR) is 105 cm³/mol. The molecule has 0 radical (unpaired) electrons. The molecule has 5 nitrogen and oxygen atoms in total. The third-order valence-corrected chi connectivity index (χ3v) is 4.12. The van der Waals surface area contributed by atoms with Gasteiger partial charge in [-0.3, -0.25) is 4.79 Å². The van der Waals surface area contributed by atoms with Crippen LogP contribution in [0.1, 0.15) is 10.5 Å². The number of methoxy groups -OCH3 is 1. The Morgan fingerprint density at radius 3 is 2.58 bits per heavy atom. The predicted octanol–water partition coefficient (Wildman–Crippen LogP) is 5.39. The van der Waals surface area contributed by atoms with Gasteiger partial charge in [0.2, 0.25) is 0 Å². The van der Waals surface area contributed by atoms with Crippen molar-refractivity contribution in [3.8, 4) is 5.75 Å². The molecule has 0 saturated carbocycles. The van der Waals surface area contributed by atoms with Crippen molar-refractivity contribution in [3.63, 3.8) is 0 Å². The second kappa shape index (κ2) is 8.08. The van der Waals surface area contributed by atoms with Crippen molar-refractivity contribution in [1.82, 2.24) is 4.98 Å². The Labute approximate surface area is 160 Å². The maximum absolute atomic E-state index is 12.3. The summed E-state index contributed by atoms with van der Waals surface area (Å²) >= 11 is 12.0. The molecule has 3 rings (SSSR count). The molecule has 0 aliphatic rings. The van der Waals surface area contributed by atoms with Crippen LogP contribution in [0.5, 0.6) is 5.75 Å². The summed E-state index contributed by atoms with van der Waals surface area (Å²) in [7, 11) is 1.60. The van der Waals surface area contributed by atoms with Crippen LogP contribution < -0.4 is 15.4 Å². The van der Waals surface area contributed by atoms with Gasteiger partial charge in [-0.1, -0.05) is 35.3 Å². The lowest BCUT2D eigenvalue weighted by Gasteiger charge is -2.11. The minimum Gasteiger partial charge on any atom is -0.495 e. The van der Waals surface area contributed by atoms with Crippen LogP contribution >= 0.6 is 23.2 Å². The van der Waals surface area contributed by atoms with E-state index in [9.17, 15) is 4.79 Å². The number of halogens is 2. The van der Waals surface area contributed by atoms with Crippen molar-refractivity contribution in [2.75, 3.05) is 17.7 Å². The number of amides is 1. The molecule has 0 saturated heterocycles. The zero-order valence-corrected chi connectivity index (χ0v) is 15.3. The quantitative estimate of drug-likeness (QED) is 0.615. The van der Waals surface area contributed by atoms with E-state index < -0.39 is 0 Å². The molecule has 132 valence electrons. The molecule has 7 heteroatoms. The van der Waals surface area contributed by atoms with Gasteiger partial charge in [0.15, 0.2) is 0 Å². The molecule has 3 aromatic rings. The Bertz CT molecular complexity index is 930. The zero-order chi connectivity index (χ0) is 18.5. The maximum Gasteiger partial charge on any atom is 0.274 e. The number of ether oxygens (including phenoxy) is 1. The molecule has 26 heavy (non-hydrogen) atoms. The van der Waals surface area contributed by atoms with Gasteiger partial charge in [0, 0.05) is 5.02 Å². The minimum atomic E-state index is -0.377. The summed E-state index contributed by atoms with van der Waals surface area (Å²) in [5, 5.41) is 6.78. The van der Waals surface area contributed by atoms with Gasteiger partial charge in [-0.15, -0.1) is 0 Å². The van der Waals surface area contributed by atoms with E-state index in [-0.39, 0.29) is 11.6 Å². The fraction of sp³-hybridized carbons (Fsp3) is 0.0526. The molecule has 0 spiro atoms. The van der Waals surface area contributed by atoms with Crippen molar-refractivity contribution in [3.05, 3.63) is 76.5 Å². The molecule has 1 aromatic heterocycles. The Balaban J connectivity index is 1.73. The van der Waals surface area contributed by atoms with Crippen LogP contribution in [0, 0.1) is 0 Å². The van der Waals surface area contributed by atoms with Crippen LogP contribution in [0.25, 0.3) is 0 Å². The van der Waals surface area contributed by atoms with E-state index in [1.54, 1.807) is 43.6 Å².